The first kappa shape index (κ1) is 28.0. The summed E-state index contributed by atoms with van der Waals surface area (Å²) in [5.41, 5.74) is 7.56. The zero-order valence-electron chi connectivity index (χ0n) is 26.8. The highest BCUT2D eigenvalue weighted by atomic mass is 32.1. The van der Waals surface area contributed by atoms with E-state index >= 15 is 0 Å². The van der Waals surface area contributed by atoms with Crippen LogP contribution in [0.4, 0.5) is 17.1 Å². The van der Waals surface area contributed by atoms with Crippen molar-refractivity contribution in [2.45, 2.75) is 0 Å². The lowest BCUT2D eigenvalue weighted by Gasteiger charge is -2.28. The van der Waals surface area contributed by atoms with Crippen molar-refractivity contribution in [3.05, 3.63) is 164 Å². The molecular formula is C46H27NOS2. The fourth-order valence-electron chi connectivity index (χ4n) is 7.84. The molecule has 0 aliphatic carbocycles. The Morgan fingerprint density at radius 3 is 1.98 bits per heavy atom. The summed E-state index contributed by atoms with van der Waals surface area (Å²) in [7, 11) is 0. The van der Waals surface area contributed by atoms with Crippen LogP contribution in [0.3, 0.4) is 0 Å². The zero-order chi connectivity index (χ0) is 32.8. The highest BCUT2D eigenvalue weighted by Gasteiger charge is 2.24. The van der Waals surface area contributed by atoms with Crippen LogP contribution in [0.5, 0.6) is 0 Å². The number of furan rings is 1. The van der Waals surface area contributed by atoms with Crippen molar-refractivity contribution in [2.24, 2.45) is 0 Å². The van der Waals surface area contributed by atoms with Crippen LogP contribution in [-0.4, -0.2) is 0 Å². The maximum Gasteiger partial charge on any atom is 0.143 e. The van der Waals surface area contributed by atoms with Crippen LogP contribution in [0.1, 0.15) is 0 Å². The van der Waals surface area contributed by atoms with Crippen LogP contribution in [0.25, 0.3) is 84.2 Å². The zero-order valence-corrected chi connectivity index (χ0v) is 28.4. The Kier molecular flexibility index (Phi) is 6.03. The van der Waals surface area contributed by atoms with Gasteiger partial charge in [0.05, 0.1) is 16.8 Å². The molecule has 0 saturated heterocycles. The molecule has 0 amide bonds. The van der Waals surface area contributed by atoms with Crippen LogP contribution < -0.4 is 4.90 Å². The van der Waals surface area contributed by atoms with E-state index in [4.69, 9.17) is 4.42 Å². The molecule has 0 N–H and O–H groups in total. The number of thiophene rings is 2. The van der Waals surface area contributed by atoms with E-state index in [9.17, 15) is 0 Å². The third-order valence-corrected chi connectivity index (χ3v) is 12.4. The predicted molar refractivity (Wildman–Crippen MR) is 217 cm³/mol. The molecule has 2 nitrogen and oxygen atoms in total. The molecule has 50 heavy (non-hydrogen) atoms. The van der Waals surface area contributed by atoms with Gasteiger partial charge in [0.2, 0.25) is 0 Å². The summed E-state index contributed by atoms with van der Waals surface area (Å²) in [6, 6.07) is 59.5. The topological polar surface area (TPSA) is 16.4 Å². The Labute approximate surface area is 295 Å². The van der Waals surface area contributed by atoms with E-state index in [1.165, 1.54) is 56.9 Å². The third-order valence-electron chi connectivity index (χ3n) is 10.1. The molecule has 8 aromatic carbocycles. The molecule has 11 aromatic rings. The number of fused-ring (bicyclic) bond motifs is 11. The highest BCUT2D eigenvalue weighted by molar-refractivity contribution is 7.26. The van der Waals surface area contributed by atoms with Gasteiger partial charge in [0.15, 0.2) is 0 Å². The summed E-state index contributed by atoms with van der Waals surface area (Å²) < 4.78 is 11.9. The van der Waals surface area contributed by atoms with Gasteiger partial charge in [-0.1, -0.05) is 109 Å². The maximum absolute atomic E-state index is 6.73. The van der Waals surface area contributed by atoms with Gasteiger partial charge in [-0.2, -0.15) is 0 Å². The number of para-hydroxylation sites is 1. The van der Waals surface area contributed by atoms with Gasteiger partial charge in [-0.3, -0.25) is 0 Å². The van der Waals surface area contributed by atoms with Gasteiger partial charge in [-0.15, -0.1) is 22.7 Å². The van der Waals surface area contributed by atoms with Gasteiger partial charge in [-0.05, 0) is 60.0 Å². The maximum atomic E-state index is 6.73. The molecule has 0 atom stereocenters. The van der Waals surface area contributed by atoms with E-state index in [0.29, 0.717) is 0 Å². The van der Waals surface area contributed by atoms with Crippen molar-refractivity contribution >= 4 is 113 Å². The molecule has 3 aromatic heterocycles. The first-order valence-electron chi connectivity index (χ1n) is 16.8. The Morgan fingerprint density at radius 2 is 1.08 bits per heavy atom. The average Bonchev–Trinajstić information content (AvgIpc) is 3.87. The van der Waals surface area contributed by atoms with Crippen molar-refractivity contribution in [2.75, 3.05) is 4.90 Å². The van der Waals surface area contributed by atoms with Crippen molar-refractivity contribution in [1.82, 2.24) is 0 Å². The normalized spacial score (nSPS) is 12.0. The van der Waals surface area contributed by atoms with Gasteiger partial charge in [0.1, 0.15) is 11.2 Å². The smallest absolute Gasteiger partial charge is 0.143 e. The molecule has 3 heterocycles. The number of hydrogen-bond donors (Lipinski definition) is 0. The number of hydrogen-bond acceptors (Lipinski definition) is 4. The van der Waals surface area contributed by atoms with E-state index in [-0.39, 0.29) is 0 Å². The second-order valence-electron chi connectivity index (χ2n) is 12.8. The SMILES string of the molecule is c1ccc(N(c2ccc3sc4ccccc4c3c2)c2cccc3oc4c5ccccc5ccc4c23)c(-c2cccc3c2sc2ccccc23)c1. The minimum Gasteiger partial charge on any atom is -0.455 e. The predicted octanol–water partition coefficient (Wildman–Crippen LogP) is 14.6. The molecule has 0 fully saturated rings. The van der Waals surface area contributed by atoms with Gasteiger partial charge < -0.3 is 9.32 Å². The summed E-state index contributed by atoms with van der Waals surface area (Å²) in [5.74, 6) is 0. The van der Waals surface area contributed by atoms with Crippen LogP contribution in [0.15, 0.2) is 168 Å². The molecule has 0 unspecified atom stereocenters. The Hall–Kier alpha value is -5.94. The standard InChI is InChI=1S/C46H27NOS2/c1-2-12-30-28(11-1)23-25-36-44-39(19-10-20-40(44)48-45(30)36)47(29-24-26-43-37(27-29)33-15-5-7-21-41(33)49-43)38-18-6-3-13-31(38)34-16-9-17-35-32-14-4-8-22-42(32)50-46(34)35/h1-27H. The first-order valence-corrected chi connectivity index (χ1v) is 18.5. The number of rotatable bonds is 4. The number of anilines is 3. The lowest BCUT2D eigenvalue weighted by atomic mass is 9.98. The molecule has 0 aliphatic heterocycles. The number of nitrogens with zero attached hydrogens (tertiary/aromatic N) is 1. The van der Waals surface area contributed by atoms with Gasteiger partial charge in [0, 0.05) is 67.9 Å². The minimum absolute atomic E-state index is 0.880. The Morgan fingerprint density at radius 1 is 0.420 bits per heavy atom. The Balaban J connectivity index is 1.24. The van der Waals surface area contributed by atoms with Gasteiger partial charge in [0.25, 0.3) is 0 Å². The van der Waals surface area contributed by atoms with Crippen LogP contribution in [0, 0.1) is 0 Å². The summed E-state index contributed by atoms with van der Waals surface area (Å²) in [4.78, 5) is 2.46. The van der Waals surface area contributed by atoms with E-state index < -0.39 is 0 Å². The molecule has 4 heteroatoms. The Bertz CT molecular complexity index is 3130. The molecule has 0 radical (unpaired) electrons. The van der Waals surface area contributed by atoms with Crippen molar-refractivity contribution in [3.63, 3.8) is 0 Å². The van der Waals surface area contributed by atoms with Crippen LogP contribution >= 0.6 is 22.7 Å². The monoisotopic (exact) mass is 673 g/mol. The lowest BCUT2D eigenvalue weighted by molar-refractivity contribution is 0.672. The fourth-order valence-corrected chi connectivity index (χ4v) is 10.2. The molecule has 0 spiro atoms. The second kappa shape index (κ2) is 10.8. The minimum atomic E-state index is 0.880. The molecule has 0 aliphatic rings. The number of benzene rings is 8. The van der Waals surface area contributed by atoms with Crippen molar-refractivity contribution in [3.8, 4) is 11.1 Å². The van der Waals surface area contributed by atoms with E-state index in [2.05, 4.69) is 169 Å². The molecular weight excluding hydrogens is 647 g/mol. The van der Waals surface area contributed by atoms with Crippen LogP contribution in [0.2, 0.25) is 0 Å². The van der Waals surface area contributed by atoms with Gasteiger partial charge in [-0.25, -0.2) is 0 Å². The summed E-state index contributed by atoms with van der Waals surface area (Å²) in [6.45, 7) is 0. The molecule has 234 valence electrons. The fraction of sp³-hybridized carbons (Fsp3) is 0. The average molecular weight is 674 g/mol. The lowest BCUT2D eigenvalue weighted by Crippen LogP contribution is -2.11. The second-order valence-corrected chi connectivity index (χ2v) is 15.0. The van der Waals surface area contributed by atoms with Crippen LogP contribution in [-0.2, 0) is 0 Å². The van der Waals surface area contributed by atoms with Gasteiger partial charge >= 0.3 is 0 Å². The van der Waals surface area contributed by atoms with Crippen molar-refractivity contribution < 1.29 is 4.42 Å². The summed E-state index contributed by atoms with van der Waals surface area (Å²) in [5, 5.41) is 9.69. The largest absolute Gasteiger partial charge is 0.455 e. The molecule has 0 saturated carbocycles. The van der Waals surface area contributed by atoms with Crippen molar-refractivity contribution in [1.29, 1.82) is 0 Å². The quantitative estimate of drug-likeness (QED) is 0.185. The summed E-state index contributed by atoms with van der Waals surface area (Å²) >= 11 is 3.73. The molecule has 11 rings (SSSR count). The third kappa shape index (κ3) is 4.07. The van der Waals surface area contributed by atoms with E-state index in [0.717, 1.165) is 44.4 Å². The van der Waals surface area contributed by atoms with E-state index in [1.54, 1.807) is 0 Å². The van der Waals surface area contributed by atoms with E-state index in [1.807, 2.05) is 22.7 Å². The summed E-state index contributed by atoms with van der Waals surface area (Å²) in [6.07, 6.45) is 0. The highest BCUT2D eigenvalue weighted by Crippen LogP contribution is 2.50. The first-order chi connectivity index (χ1) is 24.8. The molecule has 0 bridgehead atoms.